The molecule has 1 nitrogen and oxygen atoms in total. The fourth-order valence-corrected chi connectivity index (χ4v) is 2.62. The molecule has 0 saturated heterocycles. The lowest BCUT2D eigenvalue weighted by atomic mass is 9.83. The molecule has 14 heavy (non-hydrogen) atoms. The normalized spacial score (nSPS) is 20.6. The summed E-state index contributed by atoms with van der Waals surface area (Å²) in [6.45, 7) is 6.70. The number of nitrogens with zero attached hydrogens (tertiary/aromatic N) is 1. The lowest BCUT2D eigenvalue weighted by Crippen LogP contribution is -2.13. The van der Waals surface area contributed by atoms with Crippen LogP contribution >= 0.6 is 0 Å². The lowest BCUT2D eigenvalue weighted by molar-refractivity contribution is 0.571. The van der Waals surface area contributed by atoms with Gasteiger partial charge in [0.05, 0.1) is 0 Å². The van der Waals surface area contributed by atoms with Crippen LogP contribution in [0.4, 0.5) is 0 Å². The van der Waals surface area contributed by atoms with Crippen LogP contribution in [0, 0.1) is 6.92 Å². The summed E-state index contributed by atoms with van der Waals surface area (Å²) in [7, 11) is 0. The Hall–Kier alpha value is -0.850. The molecule has 2 rings (SSSR count). The van der Waals surface area contributed by atoms with Crippen LogP contribution in [0.2, 0.25) is 0 Å². The number of rotatable bonds is 1. The van der Waals surface area contributed by atoms with Gasteiger partial charge >= 0.3 is 0 Å². The van der Waals surface area contributed by atoms with Gasteiger partial charge < -0.3 is 0 Å². The van der Waals surface area contributed by atoms with Crippen molar-refractivity contribution in [3.8, 4) is 0 Å². The molecule has 76 valence electrons. The molecule has 0 fully saturated rings. The SMILES string of the molecule is CCc1cc(C)nc2c1C(C)CCC2. The van der Waals surface area contributed by atoms with E-state index >= 15 is 0 Å². The van der Waals surface area contributed by atoms with Crippen molar-refractivity contribution in [3.05, 3.63) is 28.6 Å². The number of aryl methyl sites for hydroxylation is 3. The highest BCUT2D eigenvalue weighted by Gasteiger charge is 2.20. The monoisotopic (exact) mass is 189 g/mol. The van der Waals surface area contributed by atoms with Gasteiger partial charge in [-0.15, -0.1) is 0 Å². The Kier molecular flexibility index (Phi) is 2.58. The molecule has 1 aromatic rings. The van der Waals surface area contributed by atoms with E-state index in [1.54, 1.807) is 5.56 Å². The summed E-state index contributed by atoms with van der Waals surface area (Å²) in [5.74, 6) is 0.724. The molecular formula is C13H19N. The van der Waals surface area contributed by atoms with E-state index in [9.17, 15) is 0 Å². The van der Waals surface area contributed by atoms with Crippen LogP contribution in [-0.2, 0) is 12.8 Å². The average molecular weight is 189 g/mol. The first-order valence-electron chi connectivity index (χ1n) is 5.71. The number of pyridine rings is 1. The summed E-state index contributed by atoms with van der Waals surface area (Å²) in [4.78, 5) is 4.67. The first kappa shape index (κ1) is 9.70. The quantitative estimate of drug-likeness (QED) is 0.660. The van der Waals surface area contributed by atoms with E-state index in [1.807, 2.05) is 0 Å². The summed E-state index contributed by atoms with van der Waals surface area (Å²) in [5.41, 5.74) is 5.65. The minimum Gasteiger partial charge on any atom is -0.258 e. The highest BCUT2D eigenvalue weighted by Crippen LogP contribution is 2.33. The van der Waals surface area contributed by atoms with E-state index in [1.165, 1.54) is 36.2 Å². The van der Waals surface area contributed by atoms with Crippen molar-refractivity contribution in [3.63, 3.8) is 0 Å². The molecule has 0 saturated carbocycles. The Morgan fingerprint density at radius 2 is 2.29 bits per heavy atom. The zero-order valence-corrected chi connectivity index (χ0v) is 9.43. The summed E-state index contributed by atoms with van der Waals surface area (Å²) in [6.07, 6.45) is 4.99. The maximum Gasteiger partial charge on any atom is 0.0444 e. The third-order valence-corrected chi connectivity index (χ3v) is 3.28. The minimum absolute atomic E-state index is 0.724. The van der Waals surface area contributed by atoms with E-state index in [2.05, 4.69) is 31.8 Å². The molecule has 0 aromatic carbocycles. The van der Waals surface area contributed by atoms with Crippen LogP contribution in [0.1, 0.15) is 55.1 Å². The molecule has 1 aromatic heterocycles. The zero-order chi connectivity index (χ0) is 10.1. The van der Waals surface area contributed by atoms with Crippen molar-refractivity contribution in [2.75, 3.05) is 0 Å². The maximum absolute atomic E-state index is 4.67. The Morgan fingerprint density at radius 1 is 1.50 bits per heavy atom. The Labute approximate surface area is 86.6 Å². The molecule has 1 unspecified atom stereocenters. The van der Waals surface area contributed by atoms with Gasteiger partial charge in [-0.05, 0) is 55.7 Å². The number of fused-ring (bicyclic) bond motifs is 1. The summed E-state index contributed by atoms with van der Waals surface area (Å²) < 4.78 is 0. The fourth-order valence-electron chi connectivity index (χ4n) is 2.62. The molecule has 0 spiro atoms. The van der Waals surface area contributed by atoms with Crippen LogP contribution < -0.4 is 0 Å². The lowest BCUT2D eigenvalue weighted by Gasteiger charge is -2.24. The molecule has 0 aliphatic heterocycles. The van der Waals surface area contributed by atoms with Crippen molar-refractivity contribution in [2.24, 2.45) is 0 Å². The predicted molar refractivity (Wildman–Crippen MR) is 59.7 cm³/mol. The molecule has 0 bridgehead atoms. The molecular weight excluding hydrogens is 170 g/mol. The van der Waals surface area contributed by atoms with Crippen LogP contribution in [0.5, 0.6) is 0 Å². The zero-order valence-electron chi connectivity index (χ0n) is 9.43. The van der Waals surface area contributed by atoms with Gasteiger partial charge in [-0.1, -0.05) is 13.8 Å². The van der Waals surface area contributed by atoms with Crippen LogP contribution in [0.15, 0.2) is 6.07 Å². The number of aromatic nitrogens is 1. The molecule has 1 heteroatoms. The highest BCUT2D eigenvalue weighted by molar-refractivity contribution is 5.37. The van der Waals surface area contributed by atoms with Crippen LogP contribution in [-0.4, -0.2) is 4.98 Å². The summed E-state index contributed by atoms with van der Waals surface area (Å²) in [5, 5.41) is 0. The molecule has 1 atom stereocenters. The van der Waals surface area contributed by atoms with Gasteiger partial charge in [-0.3, -0.25) is 4.98 Å². The molecule has 0 N–H and O–H groups in total. The van der Waals surface area contributed by atoms with Crippen LogP contribution in [0.3, 0.4) is 0 Å². The first-order chi connectivity index (χ1) is 6.72. The predicted octanol–water partition coefficient (Wildman–Crippen LogP) is 3.39. The molecule has 1 heterocycles. The standard InChI is InChI=1S/C13H19N/c1-4-11-8-10(3)14-12-7-5-6-9(2)13(11)12/h8-9H,4-7H2,1-3H3. The molecule has 0 radical (unpaired) electrons. The Balaban J connectivity index is 2.55. The van der Waals surface area contributed by atoms with E-state index < -0.39 is 0 Å². The molecule has 0 amide bonds. The van der Waals surface area contributed by atoms with Gasteiger partial charge in [0.2, 0.25) is 0 Å². The van der Waals surface area contributed by atoms with Crippen molar-refractivity contribution >= 4 is 0 Å². The average Bonchev–Trinajstić information content (AvgIpc) is 2.16. The summed E-state index contributed by atoms with van der Waals surface area (Å²) in [6, 6.07) is 2.26. The second-order valence-corrected chi connectivity index (χ2v) is 4.43. The van der Waals surface area contributed by atoms with E-state index in [0.717, 1.165) is 12.3 Å². The Morgan fingerprint density at radius 3 is 3.00 bits per heavy atom. The largest absolute Gasteiger partial charge is 0.258 e. The van der Waals surface area contributed by atoms with Gasteiger partial charge in [0, 0.05) is 11.4 Å². The van der Waals surface area contributed by atoms with E-state index in [4.69, 9.17) is 0 Å². The van der Waals surface area contributed by atoms with E-state index in [-0.39, 0.29) is 0 Å². The second kappa shape index (κ2) is 3.72. The van der Waals surface area contributed by atoms with Crippen molar-refractivity contribution in [1.82, 2.24) is 4.98 Å². The minimum atomic E-state index is 0.724. The van der Waals surface area contributed by atoms with Gasteiger partial charge in [0.25, 0.3) is 0 Å². The molecule has 1 aliphatic carbocycles. The summed E-state index contributed by atoms with van der Waals surface area (Å²) >= 11 is 0. The van der Waals surface area contributed by atoms with Crippen LogP contribution in [0.25, 0.3) is 0 Å². The van der Waals surface area contributed by atoms with Gasteiger partial charge in [0.15, 0.2) is 0 Å². The Bertz CT molecular complexity index is 324. The van der Waals surface area contributed by atoms with Gasteiger partial charge in [-0.2, -0.15) is 0 Å². The van der Waals surface area contributed by atoms with Crippen molar-refractivity contribution in [1.29, 1.82) is 0 Å². The number of hydrogen-bond donors (Lipinski definition) is 0. The smallest absolute Gasteiger partial charge is 0.0444 e. The van der Waals surface area contributed by atoms with Crippen molar-refractivity contribution < 1.29 is 0 Å². The van der Waals surface area contributed by atoms with Gasteiger partial charge in [-0.25, -0.2) is 0 Å². The highest BCUT2D eigenvalue weighted by atomic mass is 14.7. The third-order valence-electron chi connectivity index (χ3n) is 3.28. The van der Waals surface area contributed by atoms with Gasteiger partial charge in [0.1, 0.15) is 0 Å². The fraction of sp³-hybridized carbons (Fsp3) is 0.615. The van der Waals surface area contributed by atoms with Crippen molar-refractivity contribution in [2.45, 2.75) is 52.4 Å². The first-order valence-corrected chi connectivity index (χ1v) is 5.71. The second-order valence-electron chi connectivity index (χ2n) is 4.43. The van der Waals surface area contributed by atoms with E-state index in [0.29, 0.717) is 0 Å². The third kappa shape index (κ3) is 1.56. The topological polar surface area (TPSA) is 12.9 Å². The maximum atomic E-state index is 4.67. The number of hydrogen-bond acceptors (Lipinski definition) is 1. The molecule has 1 aliphatic rings.